The van der Waals surface area contributed by atoms with Crippen molar-refractivity contribution in [2.45, 2.75) is 24.7 Å². The number of carbonyl (C=O) groups is 1. The lowest BCUT2D eigenvalue weighted by Gasteiger charge is -2.18. The fourth-order valence-electron chi connectivity index (χ4n) is 3.02. The minimum atomic E-state index is -0.160. The molecule has 3 heterocycles. The summed E-state index contributed by atoms with van der Waals surface area (Å²) in [4.78, 5) is 13.8. The predicted molar refractivity (Wildman–Crippen MR) is 115 cm³/mol. The van der Waals surface area contributed by atoms with Crippen molar-refractivity contribution in [1.29, 1.82) is 0 Å². The Morgan fingerprint density at radius 1 is 1.17 bits per heavy atom. The maximum atomic E-state index is 12.7. The van der Waals surface area contributed by atoms with E-state index in [1.807, 2.05) is 71.5 Å². The van der Waals surface area contributed by atoms with Crippen molar-refractivity contribution >= 4 is 29.0 Å². The Morgan fingerprint density at radius 2 is 2.03 bits per heavy atom. The number of amides is 1. The van der Waals surface area contributed by atoms with Crippen LogP contribution >= 0.6 is 23.1 Å². The van der Waals surface area contributed by atoms with Crippen LogP contribution in [0.3, 0.4) is 0 Å². The molecule has 148 valence electrons. The van der Waals surface area contributed by atoms with Gasteiger partial charge in [-0.25, -0.2) is 0 Å². The number of carbonyl (C=O) groups excluding carboxylic acids is 1. The Labute approximate surface area is 177 Å². The summed E-state index contributed by atoms with van der Waals surface area (Å²) in [6.45, 7) is 2.71. The summed E-state index contributed by atoms with van der Waals surface area (Å²) in [6.07, 6.45) is 1.61. The van der Waals surface area contributed by atoms with Gasteiger partial charge in [-0.15, -0.1) is 21.5 Å². The van der Waals surface area contributed by atoms with Gasteiger partial charge in [-0.1, -0.05) is 48.2 Å². The van der Waals surface area contributed by atoms with E-state index in [9.17, 15) is 4.79 Å². The van der Waals surface area contributed by atoms with E-state index in [0.29, 0.717) is 23.3 Å². The van der Waals surface area contributed by atoms with Crippen LogP contribution in [0.1, 0.15) is 23.4 Å². The summed E-state index contributed by atoms with van der Waals surface area (Å²) >= 11 is 3.00. The molecule has 0 spiro atoms. The van der Waals surface area contributed by atoms with Crippen molar-refractivity contribution in [3.8, 4) is 11.6 Å². The second-order valence-electron chi connectivity index (χ2n) is 6.24. The number of thiophene rings is 1. The zero-order valence-corrected chi connectivity index (χ0v) is 17.5. The molecule has 0 aliphatic carbocycles. The molecule has 3 aromatic heterocycles. The molecule has 0 aliphatic rings. The van der Waals surface area contributed by atoms with E-state index in [0.717, 1.165) is 10.4 Å². The monoisotopic (exact) mass is 424 g/mol. The standard InChI is InChI=1S/C21H20N4O2S2/c1-2-25-20(16-10-6-12-27-16)23-24-21(25)29-14-18(26)22-19(17-11-7-13-28-17)15-8-4-3-5-9-15/h3-13,19H,2,14H2,1H3,(H,22,26)/t19-/m1/s1. The van der Waals surface area contributed by atoms with E-state index in [-0.39, 0.29) is 17.7 Å². The smallest absolute Gasteiger partial charge is 0.231 e. The van der Waals surface area contributed by atoms with Crippen molar-refractivity contribution < 1.29 is 9.21 Å². The SMILES string of the molecule is CCn1c(SCC(=O)N[C@H](c2ccccc2)c2cccs2)nnc1-c1ccco1. The van der Waals surface area contributed by atoms with Gasteiger partial charge in [-0.2, -0.15) is 0 Å². The van der Waals surface area contributed by atoms with Crippen molar-refractivity contribution in [3.05, 3.63) is 76.7 Å². The topological polar surface area (TPSA) is 73.0 Å². The van der Waals surface area contributed by atoms with E-state index in [4.69, 9.17) is 4.42 Å². The first-order valence-electron chi connectivity index (χ1n) is 9.24. The summed E-state index contributed by atoms with van der Waals surface area (Å²) in [6, 6.07) is 17.5. The van der Waals surface area contributed by atoms with Crippen molar-refractivity contribution in [3.63, 3.8) is 0 Å². The summed E-state index contributed by atoms with van der Waals surface area (Å²) in [5, 5.41) is 14.3. The molecule has 0 aliphatic heterocycles. The Bertz CT molecular complexity index is 1040. The van der Waals surface area contributed by atoms with Crippen molar-refractivity contribution in [2.24, 2.45) is 0 Å². The number of rotatable bonds is 8. The van der Waals surface area contributed by atoms with Crippen LogP contribution in [-0.2, 0) is 11.3 Å². The molecule has 8 heteroatoms. The van der Waals surface area contributed by atoms with E-state index in [1.165, 1.54) is 11.8 Å². The van der Waals surface area contributed by atoms with Crippen LogP contribution in [-0.4, -0.2) is 26.4 Å². The van der Waals surface area contributed by atoms with Crippen LogP contribution < -0.4 is 5.32 Å². The average molecular weight is 425 g/mol. The third-order valence-corrected chi connectivity index (χ3v) is 6.28. The second-order valence-corrected chi connectivity index (χ2v) is 8.16. The average Bonchev–Trinajstić information content (AvgIpc) is 3.52. The van der Waals surface area contributed by atoms with Crippen LogP contribution in [0, 0.1) is 0 Å². The molecule has 0 saturated carbocycles. The van der Waals surface area contributed by atoms with Crippen molar-refractivity contribution in [1.82, 2.24) is 20.1 Å². The molecule has 1 N–H and O–H groups in total. The molecule has 4 rings (SSSR count). The van der Waals surface area contributed by atoms with Gasteiger partial charge in [0, 0.05) is 11.4 Å². The van der Waals surface area contributed by atoms with Crippen LogP contribution in [0.15, 0.2) is 75.8 Å². The van der Waals surface area contributed by atoms with E-state index >= 15 is 0 Å². The fourth-order valence-corrected chi connectivity index (χ4v) is 4.64. The summed E-state index contributed by atoms with van der Waals surface area (Å²) < 4.78 is 7.38. The van der Waals surface area contributed by atoms with Gasteiger partial charge in [0.05, 0.1) is 18.1 Å². The van der Waals surface area contributed by atoms with Gasteiger partial charge in [-0.05, 0) is 36.1 Å². The number of hydrogen-bond acceptors (Lipinski definition) is 6. The lowest BCUT2D eigenvalue weighted by atomic mass is 10.1. The highest BCUT2D eigenvalue weighted by Crippen LogP contribution is 2.27. The largest absolute Gasteiger partial charge is 0.461 e. The minimum Gasteiger partial charge on any atom is -0.461 e. The zero-order valence-electron chi connectivity index (χ0n) is 15.8. The third-order valence-electron chi connectivity index (χ3n) is 4.37. The van der Waals surface area contributed by atoms with E-state index in [2.05, 4.69) is 15.5 Å². The highest BCUT2D eigenvalue weighted by molar-refractivity contribution is 7.99. The van der Waals surface area contributed by atoms with Crippen LogP contribution in [0.5, 0.6) is 0 Å². The number of nitrogens with zero attached hydrogens (tertiary/aromatic N) is 3. The van der Waals surface area contributed by atoms with E-state index in [1.54, 1.807) is 17.6 Å². The number of thioether (sulfide) groups is 1. The minimum absolute atomic E-state index is 0.0533. The predicted octanol–water partition coefficient (Wildman–Crippen LogP) is 4.62. The molecule has 1 amide bonds. The third kappa shape index (κ3) is 4.44. The van der Waals surface area contributed by atoms with Crippen LogP contribution in [0.25, 0.3) is 11.6 Å². The Kier molecular flexibility index (Phi) is 6.12. The molecule has 0 fully saturated rings. The normalized spacial score (nSPS) is 12.0. The molecule has 0 saturated heterocycles. The number of nitrogens with one attached hydrogen (secondary N) is 1. The lowest BCUT2D eigenvalue weighted by molar-refractivity contribution is -0.119. The molecular formula is C21H20N4O2S2. The molecule has 0 bridgehead atoms. The Hall–Kier alpha value is -2.84. The van der Waals surface area contributed by atoms with Gasteiger partial charge in [0.2, 0.25) is 5.91 Å². The molecular weight excluding hydrogens is 404 g/mol. The molecule has 0 radical (unpaired) electrons. The highest BCUT2D eigenvalue weighted by atomic mass is 32.2. The van der Waals surface area contributed by atoms with Gasteiger partial charge < -0.3 is 9.73 Å². The number of benzene rings is 1. The lowest BCUT2D eigenvalue weighted by Crippen LogP contribution is -2.30. The maximum Gasteiger partial charge on any atom is 0.231 e. The summed E-state index contributed by atoms with van der Waals surface area (Å²) in [5.74, 6) is 1.53. The summed E-state index contributed by atoms with van der Waals surface area (Å²) in [7, 11) is 0. The Morgan fingerprint density at radius 3 is 2.72 bits per heavy atom. The first-order valence-corrected chi connectivity index (χ1v) is 11.1. The molecule has 6 nitrogen and oxygen atoms in total. The van der Waals surface area contributed by atoms with Crippen LogP contribution in [0.4, 0.5) is 0 Å². The first-order chi connectivity index (χ1) is 14.3. The summed E-state index contributed by atoms with van der Waals surface area (Å²) in [5.41, 5.74) is 1.06. The van der Waals surface area contributed by atoms with Gasteiger partial charge in [0.15, 0.2) is 16.7 Å². The molecule has 4 aromatic rings. The fraction of sp³-hybridized carbons (Fsp3) is 0.190. The molecule has 0 unspecified atom stereocenters. The first kappa shape index (κ1) is 19.5. The number of hydrogen-bond donors (Lipinski definition) is 1. The number of aromatic nitrogens is 3. The second kappa shape index (κ2) is 9.11. The van der Waals surface area contributed by atoms with Gasteiger partial charge in [0.1, 0.15) is 0 Å². The molecule has 1 atom stereocenters. The van der Waals surface area contributed by atoms with Gasteiger partial charge in [-0.3, -0.25) is 9.36 Å². The van der Waals surface area contributed by atoms with Crippen LogP contribution in [0.2, 0.25) is 0 Å². The van der Waals surface area contributed by atoms with Gasteiger partial charge in [0.25, 0.3) is 0 Å². The van der Waals surface area contributed by atoms with Gasteiger partial charge >= 0.3 is 0 Å². The number of furan rings is 1. The Balaban J connectivity index is 1.46. The highest BCUT2D eigenvalue weighted by Gasteiger charge is 2.20. The quantitative estimate of drug-likeness (QED) is 0.418. The zero-order chi connectivity index (χ0) is 20.1. The maximum absolute atomic E-state index is 12.7. The van der Waals surface area contributed by atoms with Crippen molar-refractivity contribution in [2.75, 3.05) is 5.75 Å². The molecule has 1 aromatic carbocycles. The van der Waals surface area contributed by atoms with E-state index < -0.39 is 0 Å². The molecule has 29 heavy (non-hydrogen) atoms.